The lowest BCUT2D eigenvalue weighted by atomic mass is 10.3. The average Bonchev–Trinajstić information content (AvgIpc) is 3.09. The van der Waals surface area contributed by atoms with E-state index in [1.807, 2.05) is 0 Å². The number of carbonyl (C=O) groups excluding carboxylic acids is 1. The molecule has 0 fully saturated rings. The summed E-state index contributed by atoms with van der Waals surface area (Å²) in [6.07, 6.45) is 0. The minimum Gasteiger partial charge on any atom is -0.508 e. The fourth-order valence-corrected chi connectivity index (χ4v) is 2.98. The summed E-state index contributed by atoms with van der Waals surface area (Å²) < 4.78 is 6.68. The number of phenols is 1. The van der Waals surface area contributed by atoms with Crippen LogP contribution in [0.2, 0.25) is 5.02 Å². The monoisotopic (exact) mass is 391 g/mol. The number of benzene rings is 2. The van der Waals surface area contributed by atoms with E-state index in [0.717, 1.165) is 0 Å². The van der Waals surface area contributed by atoms with E-state index in [0.29, 0.717) is 27.3 Å². The highest BCUT2D eigenvalue weighted by Gasteiger charge is 2.13. The van der Waals surface area contributed by atoms with Crippen LogP contribution < -0.4 is 10.1 Å². The van der Waals surface area contributed by atoms with Gasteiger partial charge in [0.1, 0.15) is 11.5 Å². The molecule has 3 aromatic rings. The van der Waals surface area contributed by atoms with Crippen LogP contribution in [0.3, 0.4) is 0 Å². The molecule has 0 radical (unpaired) electrons. The third kappa shape index (κ3) is 4.24. The SMILES string of the molecule is COc1ccc(Cl)cc1NC(=O)CSc1nnnn1-c1ccc(O)cc1. The van der Waals surface area contributed by atoms with Crippen molar-refractivity contribution in [3.8, 4) is 17.2 Å². The van der Waals surface area contributed by atoms with Crippen LogP contribution in [0.4, 0.5) is 5.69 Å². The maximum atomic E-state index is 12.2. The first kappa shape index (κ1) is 18.0. The number of thioether (sulfide) groups is 1. The summed E-state index contributed by atoms with van der Waals surface area (Å²) in [5.74, 6) is 0.497. The van der Waals surface area contributed by atoms with Crippen molar-refractivity contribution in [3.63, 3.8) is 0 Å². The Morgan fingerprint density at radius 3 is 2.81 bits per heavy atom. The quantitative estimate of drug-likeness (QED) is 0.623. The van der Waals surface area contributed by atoms with Crippen LogP contribution in [-0.2, 0) is 4.79 Å². The van der Waals surface area contributed by atoms with Crippen molar-refractivity contribution in [1.82, 2.24) is 20.2 Å². The van der Waals surface area contributed by atoms with Crippen molar-refractivity contribution in [2.24, 2.45) is 0 Å². The Hall–Kier alpha value is -2.78. The minimum absolute atomic E-state index is 0.0914. The summed E-state index contributed by atoms with van der Waals surface area (Å²) in [6.45, 7) is 0. The second-order valence-corrected chi connectivity index (χ2v) is 6.45. The summed E-state index contributed by atoms with van der Waals surface area (Å²) in [5, 5.41) is 24.5. The second kappa shape index (κ2) is 8.07. The Balaban J connectivity index is 1.67. The largest absolute Gasteiger partial charge is 0.508 e. The van der Waals surface area contributed by atoms with E-state index in [9.17, 15) is 9.90 Å². The standard InChI is InChI=1S/C16H14ClN5O3S/c1-25-14-7-2-10(17)8-13(14)18-15(24)9-26-16-19-20-21-22(16)11-3-5-12(23)6-4-11/h2-8,23H,9H2,1H3,(H,18,24). The number of hydrogen-bond donors (Lipinski definition) is 2. The fraction of sp³-hybridized carbons (Fsp3) is 0.125. The minimum atomic E-state index is -0.254. The Labute approximate surface area is 158 Å². The lowest BCUT2D eigenvalue weighted by molar-refractivity contribution is -0.113. The number of hydrogen-bond acceptors (Lipinski definition) is 7. The highest BCUT2D eigenvalue weighted by molar-refractivity contribution is 7.99. The zero-order valence-corrected chi connectivity index (χ0v) is 15.2. The van der Waals surface area contributed by atoms with Gasteiger partial charge in [-0.1, -0.05) is 23.4 Å². The molecule has 0 saturated carbocycles. The van der Waals surface area contributed by atoms with E-state index in [2.05, 4.69) is 20.8 Å². The normalized spacial score (nSPS) is 10.5. The molecule has 2 aromatic carbocycles. The third-order valence-electron chi connectivity index (χ3n) is 3.30. The third-order valence-corrected chi connectivity index (χ3v) is 4.46. The molecule has 2 N–H and O–H groups in total. The summed E-state index contributed by atoms with van der Waals surface area (Å²) in [4.78, 5) is 12.2. The Morgan fingerprint density at radius 1 is 1.31 bits per heavy atom. The van der Waals surface area contributed by atoms with Crippen LogP contribution in [0.15, 0.2) is 47.6 Å². The summed E-state index contributed by atoms with van der Waals surface area (Å²) in [6, 6.07) is 11.4. The maximum absolute atomic E-state index is 12.2. The van der Waals surface area contributed by atoms with Crippen molar-refractivity contribution < 1.29 is 14.6 Å². The average molecular weight is 392 g/mol. The van der Waals surface area contributed by atoms with Crippen LogP contribution in [0.25, 0.3) is 5.69 Å². The van der Waals surface area contributed by atoms with Crippen LogP contribution in [0.1, 0.15) is 0 Å². The maximum Gasteiger partial charge on any atom is 0.234 e. The van der Waals surface area contributed by atoms with Gasteiger partial charge in [-0.05, 0) is 52.9 Å². The highest BCUT2D eigenvalue weighted by Crippen LogP contribution is 2.28. The number of carbonyl (C=O) groups is 1. The van der Waals surface area contributed by atoms with Gasteiger partial charge >= 0.3 is 0 Å². The van der Waals surface area contributed by atoms with Gasteiger partial charge in [-0.25, -0.2) is 0 Å². The summed E-state index contributed by atoms with van der Waals surface area (Å²) in [5.41, 5.74) is 1.16. The number of nitrogens with one attached hydrogen (secondary N) is 1. The molecule has 0 atom stereocenters. The van der Waals surface area contributed by atoms with Crippen molar-refractivity contribution in [3.05, 3.63) is 47.5 Å². The molecule has 10 heteroatoms. The van der Waals surface area contributed by atoms with Crippen molar-refractivity contribution in [2.75, 3.05) is 18.2 Å². The molecule has 0 bridgehead atoms. The van der Waals surface area contributed by atoms with Crippen LogP contribution in [0.5, 0.6) is 11.5 Å². The number of halogens is 1. The molecule has 26 heavy (non-hydrogen) atoms. The summed E-state index contributed by atoms with van der Waals surface area (Å²) in [7, 11) is 1.51. The zero-order chi connectivity index (χ0) is 18.5. The molecule has 0 unspecified atom stereocenters. The summed E-state index contributed by atoms with van der Waals surface area (Å²) >= 11 is 7.13. The van der Waals surface area contributed by atoms with Crippen LogP contribution >= 0.6 is 23.4 Å². The molecule has 0 saturated heterocycles. The van der Waals surface area contributed by atoms with Crippen LogP contribution in [-0.4, -0.2) is 44.1 Å². The van der Waals surface area contributed by atoms with E-state index >= 15 is 0 Å². The Bertz CT molecular complexity index is 917. The van der Waals surface area contributed by atoms with Gasteiger partial charge in [-0.3, -0.25) is 4.79 Å². The van der Waals surface area contributed by atoms with E-state index in [4.69, 9.17) is 16.3 Å². The first-order valence-electron chi connectivity index (χ1n) is 7.41. The number of amides is 1. The van der Waals surface area contributed by atoms with E-state index in [1.54, 1.807) is 30.3 Å². The van der Waals surface area contributed by atoms with Gasteiger partial charge < -0.3 is 15.2 Å². The molecule has 0 aliphatic rings. The Morgan fingerprint density at radius 2 is 2.08 bits per heavy atom. The highest BCUT2D eigenvalue weighted by atomic mass is 35.5. The number of methoxy groups -OCH3 is 1. The molecular formula is C16H14ClN5O3S. The van der Waals surface area contributed by atoms with Gasteiger partial charge in [0.25, 0.3) is 0 Å². The lowest BCUT2D eigenvalue weighted by Gasteiger charge is -2.10. The first-order valence-corrected chi connectivity index (χ1v) is 8.77. The van der Waals surface area contributed by atoms with Crippen molar-refractivity contribution in [2.45, 2.75) is 5.16 Å². The Kier molecular flexibility index (Phi) is 5.59. The molecule has 1 amide bonds. The number of ether oxygens (including phenoxy) is 1. The van der Waals surface area contributed by atoms with Gasteiger partial charge in [0.15, 0.2) is 0 Å². The predicted octanol–water partition coefficient (Wildman–Crippen LogP) is 2.76. The molecule has 1 aromatic heterocycles. The topological polar surface area (TPSA) is 102 Å². The number of tetrazole rings is 1. The van der Waals surface area contributed by atoms with Gasteiger partial charge in [0, 0.05) is 5.02 Å². The number of aromatic hydroxyl groups is 1. The molecule has 134 valence electrons. The molecule has 0 aliphatic carbocycles. The lowest BCUT2D eigenvalue weighted by Crippen LogP contribution is -2.15. The van der Waals surface area contributed by atoms with E-state index < -0.39 is 0 Å². The molecular weight excluding hydrogens is 378 g/mol. The van der Waals surface area contributed by atoms with Crippen molar-refractivity contribution in [1.29, 1.82) is 0 Å². The van der Waals surface area contributed by atoms with Gasteiger partial charge in [-0.15, -0.1) is 5.10 Å². The molecule has 0 spiro atoms. The van der Waals surface area contributed by atoms with Crippen LogP contribution in [0, 0.1) is 0 Å². The smallest absolute Gasteiger partial charge is 0.234 e. The number of rotatable bonds is 6. The molecule has 3 rings (SSSR count). The number of aromatic nitrogens is 4. The van der Waals surface area contributed by atoms with Gasteiger partial charge in [-0.2, -0.15) is 4.68 Å². The predicted molar refractivity (Wildman–Crippen MR) is 98.2 cm³/mol. The van der Waals surface area contributed by atoms with Gasteiger partial charge in [0.2, 0.25) is 11.1 Å². The number of nitrogens with zero attached hydrogens (tertiary/aromatic N) is 4. The van der Waals surface area contributed by atoms with E-state index in [-0.39, 0.29) is 17.4 Å². The van der Waals surface area contributed by atoms with Gasteiger partial charge in [0.05, 0.1) is 24.2 Å². The van der Waals surface area contributed by atoms with Crippen molar-refractivity contribution >= 4 is 35.0 Å². The molecule has 8 nitrogen and oxygen atoms in total. The number of phenolic OH excluding ortho intramolecular Hbond substituents is 1. The zero-order valence-electron chi connectivity index (χ0n) is 13.6. The second-order valence-electron chi connectivity index (χ2n) is 5.07. The molecule has 1 heterocycles. The first-order chi connectivity index (χ1) is 12.6. The number of anilines is 1. The molecule has 0 aliphatic heterocycles. The van der Waals surface area contributed by atoms with E-state index in [1.165, 1.54) is 35.7 Å². The fourth-order valence-electron chi connectivity index (χ4n) is 2.12.